The third-order valence-corrected chi connectivity index (χ3v) is 2.97. The number of anilines is 2. The number of rotatable bonds is 3. The molecule has 2 heterocycles. The van der Waals surface area contributed by atoms with E-state index >= 15 is 0 Å². The van der Waals surface area contributed by atoms with Crippen molar-refractivity contribution in [2.24, 2.45) is 0 Å². The van der Waals surface area contributed by atoms with Gasteiger partial charge in [0.25, 0.3) is 5.89 Å². The van der Waals surface area contributed by atoms with E-state index in [0.29, 0.717) is 17.2 Å². The quantitative estimate of drug-likeness (QED) is 0.799. The summed E-state index contributed by atoms with van der Waals surface area (Å²) in [5.41, 5.74) is 0.663. The highest BCUT2D eigenvalue weighted by Crippen LogP contribution is 2.29. The van der Waals surface area contributed by atoms with Crippen molar-refractivity contribution in [1.29, 1.82) is 0 Å². The molecule has 0 radical (unpaired) electrons. The van der Waals surface area contributed by atoms with Crippen LogP contribution in [0.15, 0.2) is 35.2 Å². The summed E-state index contributed by atoms with van der Waals surface area (Å²) in [5, 5.41) is 6.58. The molecule has 0 aliphatic rings. The maximum Gasteiger partial charge on any atom is 0.263 e. The van der Waals surface area contributed by atoms with Gasteiger partial charge in [0.1, 0.15) is 17.7 Å². The number of nitrogens with zero attached hydrogens (tertiary/aromatic N) is 4. The van der Waals surface area contributed by atoms with Crippen molar-refractivity contribution in [3.05, 3.63) is 47.4 Å². The molecule has 0 atom stereocenters. The minimum Gasteiger partial charge on any atom is -0.337 e. The average molecular weight is 306 g/mol. The van der Waals surface area contributed by atoms with E-state index in [2.05, 4.69) is 25.4 Å². The summed E-state index contributed by atoms with van der Waals surface area (Å²) in [7, 11) is 0. The molecule has 0 fully saturated rings. The van der Waals surface area contributed by atoms with E-state index in [-0.39, 0.29) is 16.6 Å². The summed E-state index contributed by atoms with van der Waals surface area (Å²) < 4.78 is 19.0. The molecule has 0 unspecified atom stereocenters. The Hall–Kier alpha value is -2.54. The van der Waals surface area contributed by atoms with Crippen molar-refractivity contribution >= 4 is 23.1 Å². The van der Waals surface area contributed by atoms with Gasteiger partial charge in [0.05, 0.1) is 10.7 Å². The molecule has 3 rings (SSSR count). The van der Waals surface area contributed by atoms with Crippen LogP contribution in [0, 0.1) is 12.7 Å². The van der Waals surface area contributed by atoms with Crippen molar-refractivity contribution in [3.8, 4) is 11.5 Å². The van der Waals surface area contributed by atoms with Gasteiger partial charge in [-0.1, -0.05) is 22.8 Å². The van der Waals surface area contributed by atoms with Gasteiger partial charge in [0.15, 0.2) is 11.6 Å². The minimum absolute atomic E-state index is 0.0178. The second-order valence-corrected chi connectivity index (χ2v) is 4.57. The summed E-state index contributed by atoms with van der Waals surface area (Å²) in [4.78, 5) is 12.1. The zero-order valence-corrected chi connectivity index (χ0v) is 11.6. The molecular formula is C13H9ClFN5O. The van der Waals surface area contributed by atoms with Crippen LogP contribution < -0.4 is 5.32 Å². The molecule has 8 heteroatoms. The van der Waals surface area contributed by atoms with E-state index in [4.69, 9.17) is 16.1 Å². The van der Waals surface area contributed by atoms with Crippen LogP contribution in [0.4, 0.5) is 15.9 Å². The Labute approximate surface area is 124 Å². The van der Waals surface area contributed by atoms with E-state index in [1.54, 1.807) is 19.1 Å². The van der Waals surface area contributed by atoms with Gasteiger partial charge >= 0.3 is 0 Å². The number of aryl methyl sites for hydroxylation is 1. The van der Waals surface area contributed by atoms with Crippen molar-refractivity contribution < 1.29 is 8.91 Å². The molecule has 6 nitrogen and oxygen atoms in total. The topological polar surface area (TPSA) is 76.7 Å². The SMILES string of the molecule is Cc1noc(-c2cncnc2Nc2cccc(Cl)c2F)n1. The van der Waals surface area contributed by atoms with Gasteiger partial charge in [0.2, 0.25) is 0 Å². The summed E-state index contributed by atoms with van der Waals surface area (Å²) >= 11 is 5.75. The number of halogens is 2. The predicted molar refractivity (Wildman–Crippen MR) is 74.8 cm³/mol. The lowest BCUT2D eigenvalue weighted by Gasteiger charge is -2.09. The zero-order valence-electron chi connectivity index (χ0n) is 10.8. The molecule has 0 amide bonds. The van der Waals surface area contributed by atoms with Crippen LogP contribution in [0.3, 0.4) is 0 Å². The number of nitrogens with one attached hydrogen (secondary N) is 1. The van der Waals surface area contributed by atoms with Crippen molar-refractivity contribution in [2.75, 3.05) is 5.32 Å². The van der Waals surface area contributed by atoms with Gasteiger partial charge in [-0.25, -0.2) is 14.4 Å². The smallest absolute Gasteiger partial charge is 0.263 e. The van der Waals surface area contributed by atoms with Crippen molar-refractivity contribution in [3.63, 3.8) is 0 Å². The highest BCUT2D eigenvalue weighted by atomic mass is 35.5. The van der Waals surface area contributed by atoms with Crippen molar-refractivity contribution in [1.82, 2.24) is 20.1 Å². The molecule has 0 aliphatic carbocycles. The normalized spacial score (nSPS) is 10.6. The molecule has 21 heavy (non-hydrogen) atoms. The second-order valence-electron chi connectivity index (χ2n) is 4.16. The minimum atomic E-state index is -0.564. The first kappa shape index (κ1) is 13.4. The summed E-state index contributed by atoms with van der Waals surface area (Å²) in [6.45, 7) is 1.69. The Bertz CT molecular complexity index is 792. The number of benzene rings is 1. The molecule has 0 saturated carbocycles. The fraction of sp³-hybridized carbons (Fsp3) is 0.0769. The Morgan fingerprint density at radius 2 is 2.19 bits per heavy atom. The molecule has 1 N–H and O–H groups in total. The molecule has 0 bridgehead atoms. The van der Waals surface area contributed by atoms with E-state index in [9.17, 15) is 4.39 Å². The third kappa shape index (κ3) is 2.68. The van der Waals surface area contributed by atoms with Crippen LogP contribution in [0.25, 0.3) is 11.5 Å². The third-order valence-electron chi connectivity index (χ3n) is 2.67. The standard InChI is InChI=1S/C13H9ClFN5O/c1-7-18-13(21-20-7)8-5-16-6-17-12(8)19-10-4-2-3-9(14)11(10)15/h2-6H,1H3,(H,16,17,19). The van der Waals surface area contributed by atoms with E-state index in [1.165, 1.54) is 18.6 Å². The Kier molecular flexibility index (Phi) is 3.49. The maximum absolute atomic E-state index is 13.9. The molecule has 0 aliphatic heterocycles. The molecule has 3 aromatic rings. The average Bonchev–Trinajstić information content (AvgIpc) is 2.91. The zero-order chi connectivity index (χ0) is 14.8. The Balaban J connectivity index is 2.02. The van der Waals surface area contributed by atoms with Gasteiger partial charge in [0, 0.05) is 6.20 Å². The van der Waals surface area contributed by atoms with Gasteiger partial charge in [-0.3, -0.25) is 0 Å². The monoisotopic (exact) mass is 305 g/mol. The first-order chi connectivity index (χ1) is 10.1. The molecule has 0 spiro atoms. The van der Waals surface area contributed by atoms with Crippen LogP contribution in [0.5, 0.6) is 0 Å². The maximum atomic E-state index is 13.9. The van der Waals surface area contributed by atoms with E-state index in [0.717, 1.165) is 0 Å². The fourth-order valence-electron chi connectivity index (χ4n) is 1.72. The fourth-order valence-corrected chi connectivity index (χ4v) is 1.89. The molecular weight excluding hydrogens is 297 g/mol. The van der Waals surface area contributed by atoms with Gasteiger partial charge in [-0.05, 0) is 19.1 Å². The summed E-state index contributed by atoms with van der Waals surface area (Å²) in [6.07, 6.45) is 2.84. The van der Waals surface area contributed by atoms with Gasteiger partial charge in [-0.2, -0.15) is 4.98 Å². The van der Waals surface area contributed by atoms with E-state index < -0.39 is 5.82 Å². The number of hydrogen-bond donors (Lipinski definition) is 1. The van der Waals surface area contributed by atoms with Crippen LogP contribution >= 0.6 is 11.6 Å². The number of aromatic nitrogens is 4. The summed E-state index contributed by atoms with van der Waals surface area (Å²) in [5.74, 6) is 0.507. The predicted octanol–water partition coefficient (Wildman–Crippen LogP) is 3.37. The lowest BCUT2D eigenvalue weighted by Crippen LogP contribution is -1.99. The van der Waals surface area contributed by atoms with Gasteiger partial charge < -0.3 is 9.84 Å². The Morgan fingerprint density at radius 3 is 2.95 bits per heavy atom. The van der Waals surface area contributed by atoms with Crippen LogP contribution in [0.2, 0.25) is 5.02 Å². The largest absolute Gasteiger partial charge is 0.337 e. The lowest BCUT2D eigenvalue weighted by molar-refractivity contribution is 0.425. The highest BCUT2D eigenvalue weighted by molar-refractivity contribution is 6.31. The van der Waals surface area contributed by atoms with Crippen LogP contribution in [0.1, 0.15) is 5.82 Å². The van der Waals surface area contributed by atoms with E-state index in [1.807, 2.05) is 0 Å². The lowest BCUT2D eigenvalue weighted by atomic mass is 10.2. The second kappa shape index (κ2) is 5.45. The molecule has 106 valence electrons. The highest BCUT2D eigenvalue weighted by Gasteiger charge is 2.15. The van der Waals surface area contributed by atoms with Crippen molar-refractivity contribution in [2.45, 2.75) is 6.92 Å². The molecule has 0 saturated heterocycles. The summed E-state index contributed by atoms with van der Waals surface area (Å²) in [6, 6.07) is 4.64. The Morgan fingerprint density at radius 1 is 1.33 bits per heavy atom. The first-order valence-corrected chi connectivity index (χ1v) is 6.34. The van der Waals surface area contributed by atoms with Crippen LogP contribution in [-0.2, 0) is 0 Å². The molecule has 1 aromatic carbocycles. The van der Waals surface area contributed by atoms with Gasteiger partial charge in [-0.15, -0.1) is 0 Å². The molecule has 2 aromatic heterocycles. The number of hydrogen-bond acceptors (Lipinski definition) is 6. The van der Waals surface area contributed by atoms with Crippen LogP contribution in [-0.4, -0.2) is 20.1 Å². The first-order valence-electron chi connectivity index (χ1n) is 5.97.